The zero-order chi connectivity index (χ0) is 22.5. The molecular weight excluding hydrogens is 417 g/mol. The van der Waals surface area contributed by atoms with Crippen LogP contribution in [0.25, 0.3) is 0 Å². The Hall–Kier alpha value is -4.54. The Bertz CT molecular complexity index is 1240. The summed E-state index contributed by atoms with van der Waals surface area (Å²) in [6.07, 6.45) is 1.04. The average molecular weight is 435 g/mol. The SMILES string of the molecule is Cc1nc(COc2ccc(Nc3nc(Nc4cccc(C(N)=O)c4)ncc3F)cc2)no1. The Labute approximate surface area is 181 Å². The Kier molecular flexibility index (Phi) is 5.88. The first-order valence-corrected chi connectivity index (χ1v) is 9.45. The Morgan fingerprint density at radius 2 is 1.94 bits per heavy atom. The lowest BCUT2D eigenvalue weighted by molar-refractivity contribution is 0.100. The molecule has 0 aliphatic rings. The quantitative estimate of drug-likeness (QED) is 0.379. The Morgan fingerprint density at radius 3 is 2.66 bits per heavy atom. The van der Waals surface area contributed by atoms with Crippen molar-refractivity contribution in [2.45, 2.75) is 13.5 Å². The number of aromatic nitrogens is 4. The number of carbonyl (C=O) groups is 1. The number of hydrogen-bond donors (Lipinski definition) is 3. The van der Waals surface area contributed by atoms with Crippen molar-refractivity contribution in [3.63, 3.8) is 0 Å². The fraction of sp³-hybridized carbons (Fsp3) is 0.0952. The largest absolute Gasteiger partial charge is 0.485 e. The van der Waals surface area contributed by atoms with Crippen LogP contribution >= 0.6 is 0 Å². The number of primary amides is 1. The predicted octanol–water partition coefficient (Wildman–Crippen LogP) is 3.47. The first-order valence-electron chi connectivity index (χ1n) is 9.45. The Balaban J connectivity index is 1.42. The van der Waals surface area contributed by atoms with Gasteiger partial charge in [0.1, 0.15) is 5.75 Å². The van der Waals surface area contributed by atoms with E-state index in [1.165, 1.54) is 0 Å². The van der Waals surface area contributed by atoms with Crippen LogP contribution in [0.1, 0.15) is 22.1 Å². The second-order valence-electron chi connectivity index (χ2n) is 6.63. The van der Waals surface area contributed by atoms with Gasteiger partial charge in [0.05, 0.1) is 6.20 Å². The van der Waals surface area contributed by atoms with Crippen LogP contribution in [0, 0.1) is 12.7 Å². The third-order valence-electron chi connectivity index (χ3n) is 4.20. The van der Waals surface area contributed by atoms with E-state index in [1.54, 1.807) is 55.5 Å². The van der Waals surface area contributed by atoms with Gasteiger partial charge in [-0.25, -0.2) is 9.37 Å². The molecule has 4 rings (SSSR count). The third kappa shape index (κ3) is 5.14. The van der Waals surface area contributed by atoms with Crippen LogP contribution in [0.2, 0.25) is 0 Å². The number of anilines is 4. The summed E-state index contributed by atoms with van der Waals surface area (Å²) in [6.45, 7) is 1.86. The maximum atomic E-state index is 14.2. The van der Waals surface area contributed by atoms with E-state index in [0.29, 0.717) is 34.4 Å². The van der Waals surface area contributed by atoms with E-state index in [0.717, 1.165) is 6.20 Å². The van der Waals surface area contributed by atoms with E-state index in [4.69, 9.17) is 15.0 Å². The summed E-state index contributed by atoms with van der Waals surface area (Å²) in [5.41, 5.74) is 6.74. The molecule has 1 amide bonds. The highest BCUT2D eigenvalue weighted by atomic mass is 19.1. The standard InChI is InChI=1S/C21H18FN7O3/c1-12-25-18(29-32-12)11-31-16-7-5-14(6-8-16)26-20-17(22)10-24-21(28-20)27-15-4-2-3-13(9-15)19(23)30/h2-10H,11H2,1H3,(H2,23,30)(H2,24,26,27,28). The van der Waals surface area contributed by atoms with E-state index in [1.807, 2.05) is 0 Å². The summed E-state index contributed by atoms with van der Waals surface area (Å²) in [6, 6.07) is 13.4. The smallest absolute Gasteiger partial charge is 0.248 e. The van der Waals surface area contributed by atoms with Crippen LogP contribution in [-0.4, -0.2) is 26.0 Å². The van der Waals surface area contributed by atoms with Gasteiger partial charge in [-0.2, -0.15) is 9.97 Å². The number of aryl methyl sites for hydroxylation is 1. The van der Waals surface area contributed by atoms with Gasteiger partial charge in [0.2, 0.25) is 23.6 Å². The van der Waals surface area contributed by atoms with Crippen LogP contribution in [0.15, 0.2) is 59.3 Å². The molecule has 2 heterocycles. The molecule has 32 heavy (non-hydrogen) atoms. The van der Waals surface area contributed by atoms with E-state index in [2.05, 4.69) is 30.7 Å². The topological polar surface area (TPSA) is 141 Å². The monoisotopic (exact) mass is 435 g/mol. The number of halogens is 1. The van der Waals surface area contributed by atoms with Crippen LogP contribution < -0.4 is 21.1 Å². The van der Waals surface area contributed by atoms with E-state index < -0.39 is 11.7 Å². The first-order chi connectivity index (χ1) is 15.5. The van der Waals surface area contributed by atoms with Gasteiger partial charge in [-0.1, -0.05) is 11.2 Å². The number of rotatable bonds is 8. The number of benzene rings is 2. The molecule has 0 bridgehead atoms. The number of nitrogens with one attached hydrogen (secondary N) is 2. The van der Waals surface area contributed by atoms with Gasteiger partial charge in [-0.15, -0.1) is 0 Å². The second kappa shape index (κ2) is 9.08. The maximum Gasteiger partial charge on any atom is 0.248 e. The highest BCUT2D eigenvalue weighted by molar-refractivity contribution is 5.93. The van der Waals surface area contributed by atoms with Gasteiger partial charge >= 0.3 is 0 Å². The summed E-state index contributed by atoms with van der Waals surface area (Å²) < 4.78 is 24.7. The molecule has 2 aromatic heterocycles. The van der Waals surface area contributed by atoms with Gasteiger partial charge in [0, 0.05) is 23.9 Å². The molecule has 2 aromatic carbocycles. The lowest BCUT2D eigenvalue weighted by atomic mass is 10.2. The molecule has 0 aliphatic carbocycles. The highest BCUT2D eigenvalue weighted by Gasteiger charge is 2.09. The van der Waals surface area contributed by atoms with Gasteiger partial charge in [0.25, 0.3) is 0 Å². The molecule has 0 aliphatic heterocycles. The van der Waals surface area contributed by atoms with Crippen molar-refractivity contribution in [2.24, 2.45) is 5.73 Å². The molecule has 11 heteroatoms. The van der Waals surface area contributed by atoms with Gasteiger partial charge in [-0.05, 0) is 42.5 Å². The van der Waals surface area contributed by atoms with E-state index >= 15 is 0 Å². The van der Waals surface area contributed by atoms with Crippen molar-refractivity contribution in [3.05, 3.63) is 77.8 Å². The van der Waals surface area contributed by atoms with Crippen molar-refractivity contribution < 1.29 is 18.4 Å². The number of ether oxygens (including phenoxy) is 1. The molecule has 0 unspecified atom stereocenters. The lowest BCUT2D eigenvalue weighted by Gasteiger charge is -2.10. The summed E-state index contributed by atoms with van der Waals surface area (Å²) in [5, 5.41) is 9.57. The molecule has 4 aromatic rings. The maximum absolute atomic E-state index is 14.2. The van der Waals surface area contributed by atoms with Crippen LogP contribution in [0.3, 0.4) is 0 Å². The van der Waals surface area contributed by atoms with Crippen LogP contribution in [-0.2, 0) is 6.61 Å². The second-order valence-corrected chi connectivity index (χ2v) is 6.63. The summed E-state index contributed by atoms with van der Waals surface area (Å²) >= 11 is 0. The lowest BCUT2D eigenvalue weighted by Crippen LogP contribution is -2.11. The molecular formula is C21H18FN7O3. The van der Waals surface area contributed by atoms with Gasteiger partial charge in [0.15, 0.2) is 18.2 Å². The van der Waals surface area contributed by atoms with Crippen LogP contribution in [0.4, 0.5) is 27.5 Å². The fourth-order valence-corrected chi connectivity index (χ4v) is 2.71. The van der Waals surface area contributed by atoms with Crippen LogP contribution in [0.5, 0.6) is 5.75 Å². The number of nitrogens with zero attached hydrogens (tertiary/aromatic N) is 4. The molecule has 0 fully saturated rings. The number of hydrogen-bond acceptors (Lipinski definition) is 9. The van der Waals surface area contributed by atoms with Crippen molar-refractivity contribution in [1.29, 1.82) is 0 Å². The van der Waals surface area contributed by atoms with Gasteiger partial charge < -0.3 is 25.6 Å². The summed E-state index contributed by atoms with van der Waals surface area (Å²) in [4.78, 5) is 23.5. The van der Waals surface area contributed by atoms with Crippen molar-refractivity contribution in [3.8, 4) is 5.75 Å². The molecule has 0 atom stereocenters. The molecule has 0 saturated carbocycles. The minimum absolute atomic E-state index is 0.0236. The van der Waals surface area contributed by atoms with Gasteiger partial charge in [-0.3, -0.25) is 4.79 Å². The summed E-state index contributed by atoms with van der Waals surface area (Å²) in [5.74, 6) is 0.414. The minimum atomic E-state index is -0.630. The number of nitrogens with two attached hydrogens (primary N) is 1. The van der Waals surface area contributed by atoms with Crippen molar-refractivity contribution >= 4 is 29.0 Å². The predicted molar refractivity (Wildman–Crippen MR) is 113 cm³/mol. The summed E-state index contributed by atoms with van der Waals surface area (Å²) in [7, 11) is 0. The zero-order valence-electron chi connectivity index (χ0n) is 16.9. The van der Waals surface area contributed by atoms with Crippen molar-refractivity contribution in [2.75, 3.05) is 10.6 Å². The third-order valence-corrected chi connectivity index (χ3v) is 4.20. The zero-order valence-corrected chi connectivity index (χ0v) is 16.9. The molecule has 0 spiro atoms. The fourth-order valence-electron chi connectivity index (χ4n) is 2.71. The van der Waals surface area contributed by atoms with E-state index in [9.17, 15) is 9.18 Å². The minimum Gasteiger partial charge on any atom is -0.485 e. The molecule has 162 valence electrons. The first kappa shape index (κ1) is 20.7. The highest BCUT2D eigenvalue weighted by Crippen LogP contribution is 2.23. The number of amides is 1. The molecule has 0 saturated heterocycles. The van der Waals surface area contributed by atoms with Crippen molar-refractivity contribution in [1.82, 2.24) is 20.1 Å². The molecule has 4 N–H and O–H groups in total. The Morgan fingerprint density at radius 1 is 1.12 bits per heavy atom. The average Bonchev–Trinajstić information content (AvgIpc) is 3.21. The molecule has 10 nitrogen and oxygen atoms in total. The van der Waals surface area contributed by atoms with E-state index in [-0.39, 0.29) is 18.4 Å². The normalized spacial score (nSPS) is 10.6. The molecule has 0 radical (unpaired) electrons. The number of carbonyl (C=O) groups excluding carboxylic acids is 1.